The van der Waals surface area contributed by atoms with Gasteiger partial charge in [0.05, 0.1) is 15.5 Å². The molecule has 1 aromatic rings. The van der Waals surface area contributed by atoms with Crippen LogP contribution in [0.2, 0.25) is 0 Å². The van der Waals surface area contributed by atoms with Gasteiger partial charge in [0.25, 0.3) is 0 Å². The predicted octanol–water partition coefficient (Wildman–Crippen LogP) is 1.23. The fraction of sp³-hybridized carbons (Fsp3) is 0.600. The molecule has 0 bridgehead atoms. The van der Waals surface area contributed by atoms with Crippen LogP contribution >= 0.6 is 0 Å². The van der Waals surface area contributed by atoms with Gasteiger partial charge in [-0.2, -0.15) is 4.31 Å². The zero-order valence-corrected chi connectivity index (χ0v) is 15.1. The van der Waals surface area contributed by atoms with Crippen LogP contribution < -0.4 is 5.73 Å². The minimum absolute atomic E-state index is 0.0159. The normalized spacial score (nSPS) is 23.8. The Labute approximate surface area is 138 Å². The molecule has 6 nitrogen and oxygen atoms in total. The van der Waals surface area contributed by atoms with Gasteiger partial charge in [-0.25, -0.2) is 16.8 Å². The smallest absolute Gasteiger partial charge is 0.243 e. The first-order chi connectivity index (χ1) is 10.7. The zero-order valence-electron chi connectivity index (χ0n) is 13.5. The van der Waals surface area contributed by atoms with Gasteiger partial charge in [0.1, 0.15) is 0 Å². The van der Waals surface area contributed by atoms with Crippen LogP contribution in [0.25, 0.3) is 0 Å². The molecule has 1 heterocycles. The molecule has 0 amide bonds. The Morgan fingerprint density at radius 2 is 1.70 bits per heavy atom. The minimum Gasteiger partial charge on any atom is -0.329 e. The van der Waals surface area contributed by atoms with Gasteiger partial charge < -0.3 is 5.73 Å². The maximum Gasteiger partial charge on any atom is 0.243 e. The third kappa shape index (κ3) is 3.60. The van der Waals surface area contributed by atoms with Gasteiger partial charge in [-0.05, 0) is 43.0 Å². The predicted molar refractivity (Wildman–Crippen MR) is 89.3 cm³/mol. The van der Waals surface area contributed by atoms with Crippen molar-refractivity contribution < 1.29 is 16.8 Å². The maximum absolute atomic E-state index is 12.9. The Balaban J connectivity index is 2.36. The molecule has 2 N–H and O–H groups in total. The Morgan fingerprint density at radius 3 is 2.22 bits per heavy atom. The Morgan fingerprint density at radius 1 is 1.13 bits per heavy atom. The van der Waals surface area contributed by atoms with Crippen LogP contribution in [0.4, 0.5) is 0 Å². The molecule has 23 heavy (non-hydrogen) atoms. The van der Waals surface area contributed by atoms with Crippen molar-refractivity contribution in [1.29, 1.82) is 0 Å². The summed E-state index contributed by atoms with van der Waals surface area (Å²) < 4.78 is 50.8. The van der Waals surface area contributed by atoms with Crippen molar-refractivity contribution in [2.45, 2.75) is 42.5 Å². The number of sulfonamides is 1. The fourth-order valence-corrected chi connectivity index (χ4v) is 5.64. The number of rotatable bonds is 5. The lowest BCUT2D eigenvalue weighted by atomic mass is 9.93. The molecule has 1 aliphatic heterocycles. The summed E-state index contributed by atoms with van der Waals surface area (Å²) in [6.07, 6.45) is 1.76. The average Bonchev–Trinajstić information content (AvgIpc) is 2.54. The highest BCUT2D eigenvalue weighted by Gasteiger charge is 2.36. The number of nitrogens with zero attached hydrogens (tertiary/aromatic N) is 1. The molecular formula is C15H24N2O4S2. The van der Waals surface area contributed by atoms with Crippen LogP contribution in [-0.4, -0.2) is 46.0 Å². The third-order valence-corrected chi connectivity index (χ3v) is 8.16. The van der Waals surface area contributed by atoms with E-state index < -0.39 is 19.9 Å². The van der Waals surface area contributed by atoms with E-state index in [2.05, 4.69) is 0 Å². The lowest BCUT2D eigenvalue weighted by Gasteiger charge is -2.38. The number of piperidine rings is 1. The van der Waals surface area contributed by atoms with Crippen LogP contribution in [0.3, 0.4) is 0 Å². The topological polar surface area (TPSA) is 97.5 Å². The van der Waals surface area contributed by atoms with E-state index in [9.17, 15) is 16.8 Å². The summed E-state index contributed by atoms with van der Waals surface area (Å²) in [7, 11) is -7.00. The van der Waals surface area contributed by atoms with E-state index in [0.717, 1.165) is 12.8 Å². The second kappa shape index (κ2) is 6.88. The van der Waals surface area contributed by atoms with Gasteiger partial charge in [-0.1, -0.05) is 13.8 Å². The first-order valence-electron chi connectivity index (χ1n) is 7.78. The van der Waals surface area contributed by atoms with Crippen LogP contribution in [-0.2, 0) is 19.9 Å². The number of hydrogen-bond donors (Lipinski definition) is 1. The van der Waals surface area contributed by atoms with Gasteiger partial charge in [0.2, 0.25) is 10.0 Å². The van der Waals surface area contributed by atoms with Crippen molar-refractivity contribution in [3.8, 4) is 0 Å². The van der Waals surface area contributed by atoms with Crippen molar-refractivity contribution >= 4 is 19.9 Å². The highest BCUT2D eigenvalue weighted by atomic mass is 32.2. The van der Waals surface area contributed by atoms with Gasteiger partial charge in [-0.3, -0.25) is 0 Å². The van der Waals surface area contributed by atoms with Gasteiger partial charge in [0.15, 0.2) is 9.84 Å². The lowest BCUT2D eigenvalue weighted by molar-refractivity contribution is 0.192. The number of nitrogens with two attached hydrogens (primary N) is 1. The summed E-state index contributed by atoms with van der Waals surface area (Å²) in [4.78, 5) is 0.251. The first-order valence-corrected chi connectivity index (χ1v) is 10.9. The van der Waals surface area contributed by atoms with Crippen molar-refractivity contribution in [3.63, 3.8) is 0 Å². The zero-order chi connectivity index (χ0) is 17.3. The molecule has 1 fully saturated rings. The van der Waals surface area contributed by atoms with E-state index in [1.807, 2.05) is 6.92 Å². The molecule has 0 aliphatic carbocycles. The van der Waals surface area contributed by atoms with Crippen LogP contribution in [0, 0.1) is 5.92 Å². The summed E-state index contributed by atoms with van der Waals surface area (Å²) in [5, 5.41) is 0. The molecule has 0 spiro atoms. The van der Waals surface area contributed by atoms with Crippen molar-refractivity contribution in [2.75, 3.05) is 18.8 Å². The van der Waals surface area contributed by atoms with Crippen molar-refractivity contribution in [2.24, 2.45) is 11.7 Å². The van der Waals surface area contributed by atoms with Crippen LogP contribution in [0.5, 0.6) is 0 Å². The van der Waals surface area contributed by atoms with Crippen LogP contribution in [0.1, 0.15) is 26.7 Å². The summed E-state index contributed by atoms with van der Waals surface area (Å²) >= 11 is 0. The van der Waals surface area contributed by atoms with Crippen LogP contribution in [0.15, 0.2) is 34.1 Å². The quantitative estimate of drug-likeness (QED) is 0.852. The highest BCUT2D eigenvalue weighted by molar-refractivity contribution is 7.91. The second-order valence-electron chi connectivity index (χ2n) is 5.91. The van der Waals surface area contributed by atoms with Crippen molar-refractivity contribution in [3.05, 3.63) is 24.3 Å². The van der Waals surface area contributed by atoms with Gasteiger partial charge >= 0.3 is 0 Å². The Kier molecular flexibility index (Phi) is 5.50. The maximum atomic E-state index is 12.9. The summed E-state index contributed by atoms with van der Waals surface area (Å²) in [5.41, 5.74) is 5.77. The number of hydrogen-bond acceptors (Lipinski definition) is 5. The fourth-order valence-electron chi connectivity index (χ4n) is 2.98. The number of benzene rings is 1. The van der Waals surface area contributed by atoms with Gasteiger partial charge in [0, 0.05) is 19.1 Å². The molecular weight excluding hydrogens is 336 g/mol. The molecule has 2 rings (SSSR count). The van der Waals surface area contributed by atoms with E-state index in [1.165, 1.54) is 28.6 Å². The van der Waals surface area contributed by atoms with Gasteiger partial charge in [-0.15, -0.1) is 0 Å². The Hall–Kier alpha value is -0.960. The second-order valence-corrected chi connectivity index (χ2v) is 10.1. The lowest BCUT2D eigenvalue weighted by Crippen LogP contribution is -2.51. The van der Waals surface area contributed by atoms with E-state index >= 15 is 0 Å². The van der Waals surface area contributed by atoms with E-state index in [0.29, 0.717) is 6.54 Å². The number of sulfone groups is 1. The first kappa shape index (κ1) is 18.4. The molecule has 1 saturated heterocycles. The molecule has 130 valence electrons. The SMILES string of the molecule is CCS(=O)(=O)c1ccc(S(=O)(=O)N2CCC[C@H](C)[C@@H]2CN)cc1. The molecule has 1 aliphatic rings. The van der Waals surface area contributed by atoms with Crippen molar-refractivity contribution in [1.82, 2.24) is 4.31 Å². The Bertz CT molecular complexity index is 742. The minimum atomic E-state index is -3.67. The highest BCUT2D eigenvalue weighted by Crippen LogP contribution is 2.29. The van der Waals surface area contributed by atoms with E-state index in [4.69, 9.17) is 5.73 Å². The summed E-state index contributed by atoms with van der Waals surface area (Å²) in [5.74, 6) is 0.195. The monoisotopic (exact) mass is 360 g/mol. The molecule has 1 aromatic carbocycles. The molecule has 0 saturated carbocycles. The third-order valence-electron chi connectivity index (χ3n) is 4.48. The van der Waals surface area contributed by atoms with E-state index in [1.54, 1.807) is 6.92 Å². The molecule has 0 aromatic heterocycles. The molecule has 2 atom stereocenters. The molecule has 8 heteroatoms. The average molecular weight is 361 g/mol. The van der Waals surface area contributed by atoms with E-state index in [-0.39, 0.29) is 34.0 Å². The summed E-state index contributed by atoms with van der Waals surface area (Å²) in [6, 6.07) is 5.23. The molecule has 0 radical (unpaired) electrons. The largest absolute Gasteiger partial charge is 0.329 e. The molecule has 0 unspecified atom stereocenters. The standard InChI is InChI=1S/C15H24N2O4S2/c1-3-22(18,19)13-6-8-14(9-7-13)23(20,21)17-10-4-5-12(2)15(17)11-16/h6-9,12,15H,3-5,10-11,16H2,1-2H3/t12-,15-/m0/s1. The summed E-state index contributed by atoms with van der Waals surface area (Å²) in [6.45, 7) is 4.29.